The van der Waals surface area contributed by atoms with Gasteiger partial charge in [0.1, 0.15) is 6.07 Å². The Bertz CT molecular complexity index is 928. The number of hydrogen-bond acceptors (Lipinski definition) is 4. The number of carboxylic acids is 1. The van der Waals surface area contributed by atoms with Crippen molar-refractivity contribution < 1.29 is 9.90 Å². The van der Waals surface area contributed by atoms with Crippen molar-refractivity contribution in [1.82, 2.24) is 0 Å². The lowest BCUT2D eigenvalue weighted by molar-refractivity contribution is 0.0697. The maximum Gasteiger partial charge on any atom is 0.335 e. The summed E-state index contributed by atoms with van der Waals surface area (Å²) in [5, 5.41) is 18.6. The van der Waals surface area contributed by atoms with Crippen LogP contribution in [-0.4, -0.2) is 37.3 Å². The van der Waals surface area contributed by atoms with Crippen LogP contribution in [0.3, 0.4) is 0 Å². The van der Waals surface area contributed by atoms with E-state index < -0.39 is 5.97 Å². The second-order valence-corrected chi connectivity index (χ2v) is 8.19. The average Bonchev–Trinajstić information content (AvgIpc) is 3.19. The van der Waals surface area contributed by atoms with Crippen molar-refractivity contribution in [3.63, 3.8) is 0 Å². The van der Waals surface area contributed by atoms with Crippen LogP contribution in [0.1, 0.15) is 49.0 Å². The third-order valence-corrected chi connectivity index (χ3v) is 6.49. The number of halogens is 1. The van der Waals surface area contributed by atoms with Gasteiger partial charge in [-0.2, -0.15) is 5.26 Å². The second-order valence-electron chi connectivity index (χ2n) is 7.79. The van der Waals surface area contributed by atoms with E-state index in [1.807, 2.05) is 38.1 Å². The Morgan fingerprint density at radius 2 is 1.57 bits per heavy atom. The molecule has 30 heavy (non-hydrogen) atoms. The standard InChI is InChI=1S/C22H22ClN3O2.C2H6/c23-20-13-19(6-3-17(20)14-24)26-12-9-22(15-26)7-10-25(11-8-22)18-4-1-16(2-5-18)21(27)28;1-2/h1-6,13H,7-12,15H2,(H,27,28);1-2H3. The lowest BCUT2D eigenvalue weighted by Gasteiger charge is -2.40. The normalized spacial score (nSPS) is 17.3. The topological polar surface area (TPSA) is 67.6 Å². The van der Waals surface area contributed by atoms with E-state index >= 15 is 0 Å². The largest absolute Gasteiger partial charge is 0.478 e. The van der Waals surface area contributed by atoms with Gasteiger partial charge >= 0.3 is 5.97 Å². The highest BCUT2D eigenvalue weighted by Gasteiger charge is 2.40. The predicted octanol–water partition coefficient (Wildman–Crippen LogP) is 5.43. The van der Waals surface area contributed by atoms with Crippen LogP contribution >= 0.6 is 11.6 Å². The molecule has 0 aliphatic carbocycles. The first-order valence-electron chi connectivity index (χ1n) is 10.5. The van der Waals surface area contributed by atoms with E-state index in [0.717, 1.165) is 56.8 Å². The van der Waals surface area contributed by atoms with Crippen LogP contribution in [0, 0.1) is 16.7 Å². The van der Waals surface area contributed by atoms with Crippen LogP contribution in [0.15, 0.2) is 42.5 Å². The van der Waals surface area contributed by atoms with Gasteiger partial charge in [0.25, 0.3) is 0 Å². The van der Waals surface area contributed by atoms with E-state index in [0.29, 0.717) is 21.6 Å². The highest BCUT2D eigenvalue weighted by molar-refractivity contribution is 6.32. The van der Waals surface area contributed by atoms with Crippen molar-refractivity contribution in [2.45, 2.75) is 33.1 Å². The number of rotatable bonds is 3. The second kappa shape index (κ2) is 9.40. The van der Waals surface area contributed by atoms with E-state index in [9.17, 15) is 4.79 Å². The summed E-state index contributed by atoms with van der Waals surface area (Å²) in [5.74, 6) is -0.891. The first-order chi connectivity index (χ1) is 14.5. The Balaban J connectivity index is 0.00000124. The minimum atomic E-state index is -0.891. The molecule has 2 fully saturated rings. The summed E-state index contributed by atoms with van der Waals surface area (Å²) < 4.78 is 0. The summed E-state index contributed by atoms with van der Waals surface area (Å²) in [5.41, 5.74) is 3.34. The number of benzene rings is 2. The smallest absolute Gasteiger partial charge is 0.335 e. The predicted molar refractivity (Wildman–Crippen MR) is 122 cm³/mol. The summed E-state index contributed by atoms with van der Waals surface area (Å²) >= 11 is 6.21. The molecule has 4 rings (SSSR count). The first-order valence-corrected chi connectivity index (χ1v) is 10.9. The number of hydrogen-bond donors (Lipinski definition) is 1. The van der Waals surface area contributed by atoms with Gasteiger partial charge in [0.05, 0.1) is 16.1 Å². The van der Waals surface area contributed by atoms with E-state index in [4.69, 9.17) is 22.0 Å². The number of piperidine rings is 1. The third-order valence-electron chi connectivity index (χ3n) is 6.18. The molecule has 2 aromatic rings. The zero-order valence-electron chi connectivity index (χ0n) is 17.6. The summed E-state index contributed by atoms with van der Waals surface area (Å²) in [6.07, 6.45) is 3.40. The number of aromatic carboxylic acids is 1. The molecule has 1 spiro atoms. The minimum Gasteiger partial charge on any atom is -0.478 e. The van der Waals surface area contributed by atoms with Crippen LogP contribution in [0.25, 0.3) is 0 Å². The Labute approximate surface area is 183 Å². The number of nitrogens with zero attached hydrogens (tertiary/aromatic N) is 3. The van der Waals surface area contributed by atoms with E-state index in [-0.39, 0.29) is 0 Å². The highest BCUT2D eigenvalue weighted by Crippen LogP contribution is 2.43. The van der Waals surface area contributed by atoms with Crippen LogP contribution in [0.2, 0.25) is 5.02 Å². The number of carboxylic acid groups (broad SMARTS) is 1. The molecule has 5 nitrogen and oxygen atoms in total. The maximum absolute atomic E-state index is 11.0. The molecule has 0 aromatic heterocycles. The van der Waals surface area contributed by atoms with Crippen LogP contribution in [0.4, 0.5) is 11.4 Å². The Morgan fingerprint density at radius 3 is 2.10 bits per heavy atom. The fourth-order valence-electron chi connectivity index (χ4n) is 4.41. The quantitative estimate of drug-likeness (QED) is 0.709. The van der Waals surface area contributed by atoms with Gasteiger partial charge in [0, 0.05) is 37.6 Å². The van der Waals surface area contributed by atoms with E-state index in [2.05, 4.69) is 15.9 Å². The van der Waals surface area contributed by atoms with Gasteiger partial charge in [-0.1, -0.05) is 25.4 Å². The molecule has 158 valence electrons. The van der Waals surface area contributed by atoms with E-state index in [1.165, 1.54) is 0 Å². The SMILES string of the molecule is CC.N#Cc1ccc(N2CCC3(CCN(c4ccc(C(=O)O)cc4)CC3)C2)cc1Cl. The number of carbonyl (C=O) groups is 1. The molecule has 0 bridgehead atoms. The van der Waals surface area contributed by atoms with Crippen molar-refractivity contribution in [2.24, 2.45) is 5.41 Å². The molecule has 2 aromatic carbocycles. The van der Waals surface area contributed by atoms with Crippen molar-refractivity contribution in [3.05, 3.63) is 58.6 Å². The zero-order valence-corrected chi connectivity index (χ0v) is 18.3. The number of anilines is 2. The fourth-order valence-corrected chi connectivity index (χ4v) is 4.63. The highest BCUT2D eigenvalue weighted by atomic mass is 35.5. The van der Waals surface area contributed by atoms with Crippen LogP contribution < -0.4 is 9.80 Å². The Morgan fingerprint density at radius 1 is 1.00 bits per heavy atom. The first kappa shape index (κ1) is 22.0. The minimum absolute atomic E-state index is 0.317. The molecular weight excluding hydrogens is 398 g/mol. The Kier molecular flexibility index (Phi) is 6.89. The maximum atomic E-state index is 11.0. The van der Waals surface area contributed by atoms with Crippen molar-refractivity contribution >= 4 is 28.9 Å². The summed E-state index contributed by atoms with van der Waals surface area (Å²) in [4.78, 5) is 15.7. The van der Waals surface area contributed by atoms with Gasteiger partial charge in [-0.3, -0.25) is 0 Å². The molecule has 2 aliphatic rings. The van der Waals surface area contributed by atoms with Crippen LogP contribution in [0.5, 0.6) is 0 Å². The monoisotopic (exact) mass is 425 g/mol. The molecule has 0 unspecified atom stereocenters. The molecule has 6 heteroatoms. The summed E-state index contributed by atoms with van der Waals surface area (Å²) in [7, 11) is 0. The molecule has 0 atom stereocenters. The fraction of sp³-hybridized carbons (Fsp3) is 0.417. The lowest BCUT2D eigenvalue weighted by Crippen LogP contribution is -2.41. The molecule has 2 heterocycles. The van der Waals surface area contributed by atoms with Gasteiger partial charge in [-0.25, -0.2) is 4.79 Å². The molecule has 2 aliphatic heterocycles. The summed E-state index contributed by atoms with van der Waals surface area (Å²) in [6.45, 7) is 7.99. The lowest BCUT2D eigenvalue weighted by atomic mass is 9.77. The van der Waals surface area contributed by atoms with Gasteiger partial charge in [0.15, 0.2) is 0 Å². The van der Waals surface area contributed by atoms with Crippen molar-refractivity contribution in [1.29, 1.82) is 5.26 Å². The van der Waals surface area contributed by atoms with Gasteiger partial charge in [0.2, 0.25) is 0 Å². The van der Waals surface area contributed by atoms with E-state index in [1.54, 1.807) is 18.2 Å². The molecule has 1 N–H and O–H groups in total. The number of nitriles is 1. The third kappa shape index (κ3) is 4.55. The molecule has 0 saturated carbocycles. The molecule has 0 radical (unpaired) electrons. The van der Waals surface area contributed by atoms with Gasteiger partial charge < -0.3 is 14.9 Å². The van der Waals surface area contributed by atoms with Crippen molar-refractivity contribution in [3.8, 4) is 6.07 Å². The van der Waals surface area contributed by atoms with Gasteiger partial charge in [-0.15, -0.1) is 0 Å². The molecule has 2 saturated heterocycles. The van der Waals surface area contributed by atoms with Crippen molar-refractivity contribution in [2.75, 3.05) is 36.0 Å². The Hall–Kier alpha value is -2.71. The summed E-state index contributed by atoms with van der Waals surface area (Å²) in [6, 6.07) is 15.0. The molecule has 0 amide bonds. The van der Waals surface area contributed by atoms with Gasteiger partial charge in [-0.05, 0) is 67.1 Å². The zero-order chi connectivity index (χ0) is 21.7. The van der Waals surface area contributed by atoms with Crippen LogP contribution in [-0.2, 0) is 0 Å². The molecular formula is C24H28ClN3O2. The average molecular weight is 426 g/mol.